The average Bonchev–Trinajstić information content (AvgIpc) is 3.09. The van der Waals surface area contributed by atoms with Crippen LogP contribution in [-0.4, -0.2) is 55.8 Å². The zero-order valence-electron chi connectivity index (χ0n) is 16.9. The fourth-order valence-electron chi connectivity index (χ4n) is 3.39. The Hall–Kier alpha value is -2.87. The summed E-state index contributed by atoms with van der Waals surface area (Å²) in [5.74, 6) is 0.129. The van der Waals surface area contributed by atoms with Crippen LogP contribution in [0.5, 0.6) is 5.75 Å². The fourth-order valence-corrected chi connectivity index (χ4v) is 5.06. The zero-order valence-corrected chi connectivity index (χ0v) is 17.7. The van der Waals surface area contributed by atoms with Gasteiger partial charge in [-0.3, -0.25) is 9.59 Å². The predicted molar refractivity (Wildman–Crippen MR) is 114 cm³/mol. The van der Waals surface area contributed by atoms with Crippen molar-refractivity contribution in [1.82, 2.24) is 10.2 Å². The van der Waals surface area contributed by atoms with Crippen molar-refractivity contribution in [2.45, 2.75) is 26.0 Å². The van der Waals surface area contributed by atoms with Crippen LogP contribution in [0, 0.1) is 0 Å². The second-order valence-electron chi connectivity index (χ2n) is 7.25. The van der Waals surface area contributed by atoms with Gasteiger partial charge >= 0.3 is 0 Å². The van der Waals surface area contributed by atoms with E-state index in [0.717, 1.165) is 5.56 Å². The van der Waals surface area contributed by atoms with E-state index in [1.807, 2.05) is 42.5 Å². The van der Waals surface area contributed by atoms with Crippen molar-refractivity contribution < 1.29 is 22.7 Å². The lowest BCUT2D eigenvalue weighted by molar-refractivity contribution is -0.122. The van der Waals surface area contributed by atoms with Crippen LogP contribution >= 0.6 is 0 Å². The Kier molecular flexibility index (Phi) is 7.10. The van der Waals surface area contributed by atoms with Gasteiger partial charge in [-0.1, -0.05) is 36.4 Å². The average molecular weight is 431 g/mol. The molecule has 1 atom stereocenters. The molecule has 0 aromatic heterocycles. The summed E-state index contributed by atoms with van der Waals surface area (Å²) in [6.07, 6.45) is 0.411. The molecular formula is C22H26N2O5S. The van der Waals surface area contributed by atoms with Crippen molar-refractivity contribution in [3.05, 3.63) is 65.7 Å². The molecule has 8 heteroatoms. The number of ether oxygens (including phenoxy) is 1. The summed E-state index contributed by atoms with van der Waals surface area (Å²) in [5, 5.41) is 2.73. The Morgan fingerprint density at radius 1 is 1.10 bits per heavy atom. The Labute approximate surface area is 177 Å². The number of benzene rings is 2. The van der Waals surface area contributed by atoms with E-state index < -0.39 is 9.84 Å². The van der Waals surface area contributed by atoms with Crippen molar-refractivity contribution in [1.29, 1.82) is 0 Å². The lowest BCUT2D eigenvalue weighted by Gasteiger charge is -2.23. The van der Waals surface area contributed by atoms with E-state index in [1.165, 1.54) is 4.90 Å². The first-order valence-electron chi connectivity index (χ1n) is 9.93. The number of likely N-dealkylation sites (N-methyl/N-ethyl adjacent to an activating group) is 1. The molecule has 2 amide bonds. The maximum absolute atomic E-state index is 13.1. The Balaban J connectivity index is 1.64. The number of carbonyl (C=O) groups excluding carboxylic acids is 2. The molecule has 1 N–H and O–H groups in total. The van der Waals surface area contributed by atoms with E-state index in [0.29, 0.717) is 24.3 Å². The summed E-state index contributed by atoms with van der Waals surface area (Å²) in [4.78, 5) is 26.9. The number of para-hydroxylation sites is 1. The maximum atomic E-state index is 13.1. The molecule has 1 fully saturated rings. The molecule has 0 aliphatic carbocycles. The van der Waals surface area contributed by atoms with Gasteiger partial charge in [-0.2, -0.15) is 0 Å². The number of amides is 2. The van der Waals surface area contributed by atoms with Gasteiger partial charge in [0.05, 0.1) is 18.1 Å². The number of carbonyl (C=O) groups is 2. The van der Waals surface area contributed by atoms with Crippen LogP contribution < -0.4 is 10.1 Å². The van der Waals surface area contributed by atoms with Crippen molar-refractivity contribution >= 4 is 21.7 Å². The number of nitrogens with zero attached hydrogens (tertiary/aromatic N) is 1. The lowest BCUT2D eigenvalue weighted by atomic mass is 10.1. The van der Waals surface area contributed by atoms with Gasteiger partial charge in [0.15, 0.2) is 9.84 Å². The van der Waals surface area contributed by atoms with Gasteiger partial charge in [0.25, 0.3) is 5.91 Å². The topological polar surface area (TPSA) is 92.8 Å². The highest BCUT2D eigenvalue weighted by Gasteiger charge is 2.29. The molecule has 3 rings (SSSR count). The molecule has 1 aliphatic rings. The molecule has 30 heavy (non-hydrogen) atoms. The monoisotopic (exact) mass is 430 g/mol. The highest BCUT2D eigenvalue weighted by molar-refractivity contribution is 7.91. The summed E-state index contributed by atoms with van der Waals surface area (Å²) in [5.41, 5.74) is 1.21. The van der Waals surface area contributed by atoms with Gasteiger partial charge in [-0.15, -0.1) is 0 Å². The van der Waals surface area contributed by atoms with E-state index in [1.54, 1.807) is 19.1 Å². The third-order valence-electron chi connectivity index (χ3n) is 4.99. The minimum absolute atomic E-state index is 0.0432. The second-order valence-corrected chi connectivity index (χ2v) is 9.47. The highest BCUT2D eigenvalue weighted by atomic mass is 32.2. The molecule has 1 aliphatic heterocycles. The van der Waals surface area contributed by atoms with Gasteiger partial charge in [0.1, 0.15) is 12.4 Å². The first-order chi connectivity index (χ1) is 14.4. The summed E-state index contributed by atoms with van der Waals surface area (Å²) in [6, 6.07) is 16.1. The van der Waals surface area contributed by atoms with Crippen LogP contribution in [0.25, 0.3) is 0 Å². The van der Waals surface area contributed by atoms with Crippen molar-refractivity contribution in [3.63, 3.8) is 0 Å². The summed E-state index contributed by atoms with van der Waals surface area (Å²) in [6.45, 7) is 2.26. The summed E-state index contributed by atoms with van der Waals surface area (Å²) >= 11 is 0. The van der Waals surface area contributed by atoms with Gasteiger partial charge in [0, 0.05) is 23.7 Å². The lowest BCUT2D eigenvalue weighted by Crippen LogP contribution is -2.44. The molecule has 0 spiro atoms. The van der Waals surface area contributed by atoms with E-state index >= 15 is 0 Å². The molecular weight excluding hydrogens is 404 g/mol. The molecule has 0 unspecified atom stereocenters. The molecule has 7 nitrogen and oxygen atoms in total. The smallest absolute Gasteiger partial charge is 0.254 e. The number of nitrogens with one attached hydrogen (secondary N) is 1. The van der Waals surface area contributed by atoms with Crippen LogP contribution in [0.1, 0.15) is 29.3 Å². The maximum Gasteiger partial charge on any atom is 0.254 e. The molecule has 0 radical (unpaired) electrons. The first kappa shape index (κ1) is 21.8. The molecule has 0 bridgehead atoms. The van der Waals surface area contributed by atoms with Crippen molar-refractivity contribution in [2.75, 3.05) is 24.6 Å². The molecule has 160 valence electrons. The largest absolute Gasteiger partial charge is 0.489 e. The molecule has 2 aromatic carbocycles. The zero-order chi connectivity index (χ0) is 21.6. The summed E-state index contributed by atoms with van der Waals surface area (Å²) < 4.78 is 28.9. The van der Waals surface area contributed by atoms with Crippen LogP contribution in [0.2, 0.25) is 0 Å². The van der Waals surface area contributed by atoms with Gasteiger partial charge in [0.2, 0.25) is 5.91 Å². The quantitative estimate of drug-likeness (QED) is 0.692. The minimum atomic E-state index is -3.08. The van der Waals surface area contributed by atoms with Crippen molar-refractivity contribution in [2.24, 2.45) is 0 Å². The number of sulfone groups is 1. The molecule has 1 saturated heterocycles. The third kappa shape index (κ3) is 5.82. The minimum Gasteiger partial charge on any atom is -0.489 e. The normalized spacial score (nSPS) is 17.3. The van der Waals surface area contributed by atoms with E-state index in [9.17, 15) is 18.0 Å². The molecule has 1 heterocycles. The van der Waals surface area contributed by atoms with E-state index in [4.69, 9.17) is 4.74 Å². The van der Waals surface area contributed by atoms with Gasteiger partial charge < -0.3 is 15.0 Å². The van der Waals surface area contributed by atoms with E-state index in [2.05, 4.69) is 5.32 Å². The van der Waals surface area contributed by atoms with Crippen LogP contribution in [-0.2, 0) is 21.2 Å². The van der Waals surface area contributed by atoms with Crippen LogP contribution in [0.15, 0.2) is 54.6 Å². The fraction of sp³-hybridized carbons (Fsp3) is 0.364. The second kappa shape index (κ2) is 9.75. The highest BCUT2D eigenvalue weighted by Crippen LogP contribution is 2.17. The van der Waals surface area contributed by atoms with Crippen LogP contribution in [0.3, 0.4) is 0 Å². The standard InChI is InChI=1S/C22H26N2O5S/c1-2-24(14-21(25)23-18-12-13-30(27,28)16-18)22(26)20-11-7-6-8-17(20)15-29-19-9-4-3-5-10-19/h3-11,18H,2,12-16H2,1H3,(H,23,25)/t18-/m1/s1. The van der Waals surface area contributed by atoms with Gasteiger partial charge in [-0.05, 0) is 31.5 Å². The molecule has 2 aromatic rings. The Morgan fingerprint density at radius 3 is 2.47 bits per heavy atom. The van der Waals surface area contributed by atoms with Crippen molar-refractivity contribution in [3.8, 4) is 5.75 Å². The number of rotatable bonds is 8. The predicted octanol–water partition coefficient (Wildman–Crippen LogP) is 2.03. The Morgan fingerprint density at radius 2 is 1.80 bits per heavy atom. The third-order valence-corrected chi connectivity index (χ3v) is 6.75. The van der Waals surface area contributed by atoms with Crippen LogP contribution in [0.4, 0.5) is 0 Å². The number of hydrogen-bond acceptors (Lipinski definition) is 5. The van der Waals surface area contributed by atoms with E-state index in [-0.39, 0.29) is 42.5 Å². The van der Waals surface area contributed by atoms with Gasteiger partial charge in [-0.25, -0.2) is 8.42 Å². The molecule has 0 saturated carbocycles. The summed E-state index contributed by atoms with van der Waals surface area (Å²) in [7, 11) is -3.08. The number of hydrogen-bond donors (Lipinski definition) is 1. The Bertz CT molecular complexity index is 992. The first-order valence-corrected chi connectivity index (χ1v) is 11.7. The SMILES string of the molecule is CCN(CC(=O)N[C@@H]1CCS(=O)(=O)C1)C(=O)c1ccccc1COc1ccccc1.